The van der Waals surface area contributed by atoms with Crippen molar-refractivity contribution in [1.29, 1.82) is 0 Å². The fourth-order valence-electron chi connectivity index (χ4n) is 4.52. The van der Waals surface area contributed by atoms with Gasteiger partial charge in [0.25, 0.3) is 11.8 Å². The number of carbonyl (C=O) groups excluding carboxylic acids is 3. The molecule has 1 aromatic carbocycles. The molecular formula is C27H36N6O5. The first-order chi connectivity index (χ1) is 18.1. The number of anilines is 3. The predicted molar refractivity (Wildman–Crippen MR) is 144 cm³/mol. The number of morpholine rings is 1. The van der Waals surface area contributed by atoms with Gasteiger partial charge in [-0.3, -0.25) is 9.59 Å². The van der Waals surface area contributed by atoms with Gasteiger partial charge in [-0.2, -0.15) is 0 Å². The Labute approximate surface area is 222 Å². The van der Waals surface area contributed by atoms with Crippen molar-refractivity contribution in [3.63, 3.8) is 0 Å². The Morgan fingerprint density at radius 2 is 1.82 bits per heavy atom. The number of nitrogens with one attached hydrogen (secondary N) is 2. The van der Waals surface area contributed by atoms with Crippen molar-refractivity contribution in [2.75, 3.05) is 49.6 Å². The number of alkyl carbamates (subject to hydrolysis) is 1. The molecule has 38 heavy (non-hydrogen) atoms. The van der Waals surface area contributed by atoms with E-state index in [-0.39, 0.29) is 17.6 Å². The second kappa shape index (κ2) is 11.7. The van der Waals surface area contributed by atoms with E-state index < -0.39 is 17.6 Å². The number of pyridine rings is 1. The third-order valence-electron chi connectivity index (χ3n) is 6.32. The van der Waals surface area contributed by atoms with Crippen LogP contribution in [0.5, 0.6) is 0 Å². The van der Waals surface area contributed by atoms with Gasteiger partial charge in [-0.1, -0.05) is 0 Å². The average molecular weight is 525 g/mol. The summed E-state index contributed by atoms with van der Waals surface area (Å²) in [5.41, 5.74) is 7.67. The summed E-state index contributed by atoms with van der Waals surface area (Å²) in [5.74, 6) is -0.692. The lowest BCUT2D eigenvalue weighted by Crippen LogP contribution is -2.49. The largest absolute Gasteiger partial charge is 0.444 e. The van der Waals surface area contributed by atoms with E-state index >= 15 is 0 Å². The molecule has 1 atom stereocenters. The minimum atomic E-state index is -0.652. The minimum Gasteiger partial charge on any atom is -0.444 e. The maximum Gasteiger partial charge on any atom is 0.407 e. The number of piperidine rings is 1. The Morgan fingerprint density at radius 1 is 1.11 bits per heavy atom. The molecule has 2 fully saturated rings. The fourth-order valence-corrected chi connectivity index (χ4v) is 4.52. The predicted octanol–water partition coefficient (Wildman–Crippen LogP) is 2.89. The number of amides is 3. The topological polar surface area (TPSA) is 139 Å². The lowest BCUT2D eigenvalue weighted by molar-refractivity contribution is 0.0303. The van der Waals surface area contributed by atoms with Crippen LogP contribution in [0.2, 0.25) is 0 Å². The zero-order chi connectivity index (χ0) is 27.3. The summed E-state index contributed by atoms with van der Waals surface area (Å²) in [5, 5.41) is 6.17. The Morgan fingerprint density at radius 3 is 2.47 bits per heavy atom. The van der Waals surface area contributed by atoms with Crippen LogP contribution in [0, 0.1) is 0 Å². The number of carbonyl (C=O) groups is 3. The molecule has 4 rings (SSSR count). The molecule has 3 heterocycles. The van der Waals surface area contributed by atoms with Crippen LogP contribution in [0.1, 0.15) is 54.5 Å². The van der Waals surface area contributed by atoms with E-state index in [2.05, 4.69) is 20.5 Å². The highest BCUT2D eigenvalue weighted by Crippen LogP contribution is 2.27. The van der Waals surface area contributed by atoms with Crippen molar-refractivity contribution < 1.29 is 23.9 Å². The lowest BCUT2D eigenvalue weighted by Gasteiger charge is -2.35. The number of nitrogens with two attached hydrogens (primary N) is 1. The zero-order valence-corrected chi connectivity index (χ0v) is 22.2. The molecule has 0 spiro atoms. The standard InChI is InChI=1S/C27H36N6O5/c1-27(2,3)38-26(36)31-20-5-4-10-33(17-20)21-15-22(23(24(28)34)29-16-21)30-19-8-6-18(7-9-19)25(35)32-11-13-37-14-12-32/h6-9,15-16,20,30H,4-5,10-14,17H2,1-3H3,(H2,28,34)(H,31,36). The van der Waals surface area contributed by atoms with Crippen molar-refractivity contribution in [2.45, 2.75) is 45.3 Å². The normalized spacial score (nSPS) is 18.0. The Kier molecular flexibility index (Phi) is 8.35. The van der Waals surface area contributed by atoms with Gasteiger partial charge in [0.05, 0.1) is 30.8 Å². The molecule has 0 saturated carbocycles. The second-order valence-corrected chi connectivity index (χ2v) is 10.5. The summed E-state index contributed by atoms with van der Waals surface area (Å²) >= 11 is 0. The van der Waals surface area contributed by atoms with Crippen LogP contribution in [-0.4, -0.2) is 78.8 Å². The molecule has 11 heteroatoms. The van der Waals surface area contributed by atoms with Gasteiger partial charge < -0.3 is 35.6 Å². The van der Waals surface area contributed by atoms with Gasteiger partial charge in [0.15, 0.2) is 5.69 Å². The van der Waals surface area contributed by atoms with Gasteiger partial charge in [0.1, 0.15) is 5.60 Å². The van der Waals surface area contributed by atoms with Crippen molar-refractivity contribution in [3.05, 3.63) is 47.8 Å². The van der Waals surface area contributed by atoms with E-state index in [4.69, 9.17) is 15.2 Å². The van der Waals surface area contributed by atoms with Crippen LogP contribution in [0.15, 0.2) is 36.5 Å². The molecular weight excluding hydrogens is 488 g/mol. The maximum absolute atomic E-state index is 12.7. The summed E-state index contributed by atoms with van der Waals surface area (Å²) in [4.78, 5) is 45.3. The van der Waals surface area contributed by atoms with Crippen LogP contribution in [0.4, 0.5) is 21.9 Å². The highest BCUT2D eigenvalue weighted by atomic mass is 16.6. The first-order valence-corrected chi connectivity index (χ1v) is 12.9. The monoisotopic (exact) mass is 524 g/mol. The molecule has 0 radical (unpaired) electrons. The number of benzene rings is 1. The van der Waals surface area contributed by atoms with Crippen molar-refractivity contribution in [2.24, 2.45) is 5.73 Å². The van der Waals surface area contributed by atoms with Crippen molar-refractivity contribution in [1.82, 2.24) is 15.2 Å². The lowest BCUT2D eigenvalue weighted by atomic mass is 10.1. The van der Waals surface area contributed by atoms with E-state index in [1.165, 1.54) is 0 Å². The first kappa shape index (κ1) is 27.2. The first-order valence-electron chi connectivity index (χ1n) is 12.9. The molecule has 3 amide bonds. The number of hydrogen-bond donors (Lipinski definition) is 3. The number of hydrogen-bond acceptors (Lipinski definition) is 8. The molecule has 2 saturated heterocycles. The highest BCUT2D eigenvalue weighted by Gasteiger charge is 2.25. The zero-order valence-electron chi connectivity index (χ0n) is 22.2. The summed E-state index contributed by atoms with van der Waals surface area (Å²) in [6, 6.07) is 8.81. The van der Waals surface area contributed by atoms with Gasteiger partial charge in [0, 0.05) is 43.5 Å². The highest BCUT2D eigenvalue weighted by molar-refractivity contribution is 5.98. The van der Waals surface area contributed by atoms with Gasteiger partial charge in [-0.05, 0) is 63.9 Å². The molecule has 2 aliphatic rings. The Balaban J connectivity index is 1.46. The average Bonchev–Trinajstić information content (AvgIpc) is 2.88. The quantitative estimate of drug-likeness (QED) is 0.524. The number of nitrogens with zero attached hydrogens (tertiary/aromatic N) is 3. The van der Waals surface area contributed by atoms with Crippen LogP contribution < -0.4 is 21.3 Å². The van der Waals surface area contributed by atoms with Crippen LogP contribution >= 0.6 is 0 Å². The number of rotatable bonds is 6. The summed E-state index contributed by atoms with van der Waals surface area (Å²) in [7, 11) is 0. The molecule has 11 nitrogen and oxygen atoms in total. The van der Waals surface area contributed by atoms with E-state index in [0.29, 0.717) is 49.8 Å². The number of ether oxygens (including phenoxy) is 2. The van der Waals surface area contributed by atoms with Gasteiger partial charge in [-0.25, -0.2) is 9.78 Å². The van der Waals surface area contributed by atoms with E-state index in [1.807, 2.05) is 26.8 Å². The molecule has 1 unspecified atom stereocenters. The molecule has 4 N–H and O–H groups in total. The fraction of sp³-hybridized carbons (Fsp3) is 0.481. The minimum absolute atomic E-state index is 0.0408. The molecule has 2 aliphatic heterocycles. The Hall–Kier alpha value is -3.86. The van der Waals surface area contributed by atoms with Crippen LogP contribution in [-0.2, 0) is 9.47 Å². The SMILES string of the molecule is CC(C)(C)OC(=O)NC1CCCN(c2cnc(C(N)=O)c(Nc3ccc(C(=O)N4CCOCC4)cc3)c2)C1. The van der Waals surface area contributed by atoms with Crippen molar-refractivity contribution >= 4 is 35.0 Å². The molecule has 1 aromatic heterocycles. The van der Waals surface area contributed by atoms with Gasteiger partial charge in [0.2, 0.25) is 0 Å². The summed E-state index contributed by atoms with van der Waals surface area (Å²) < 4.78 is 10.7. The number of primary amides is 1. The molecule has 0 bridgehead atoms. The van der Waals surface area contributed by atoms with Gasteiger partial charge in [-0.15, -0.1) is 0 Å². The molecule has 0 aliphatic carbocycles. The van der Waals surface area contributed by atoms with E-state index in [9.17, 15) is 14.4 Å². The van der Waals surface area contributed by atoms with Crippen molar-refractivity contribution in [3.8, 4) is 0 Å². The summed E-state index contributed by atoms with van der Waals surface area (Å²) in [6.45, 7) is 9.07. The third-order valence-corrected chi connectivity index (χ3v) is 6.32. The van der Waals surface area contributed by atoms with Crippen LogP contribution in [0.25, 0.3) is 0 Å². The third kappa shape index (κ3) is 7.12. The molecule has 2 aromatic rings. The van der Waals surface area contributed by atoms with Crippen LogP contribution in [0.3, 0.4) is 0 Å². The van der Waals surface area contributed by atoms with Gasteiger partial charge >= 0.3 is 6.09 Å². The Bertz CT molecular complexity index is 1160. The second-order valence-electron chi connectivity index (χ2n) is 10.5. The number of aromatic nitrogens is 1. The van der Waals surface area contributed by atoms with E-state index in [1.54, 1.807) is 35.4 Å². The smallest absolute Gasteiger partial charge is 0.407 e. The van der Waals surface area contributed by atoms with E-state index in [0.717, 1.165) is 25.1 Å². The molecule has 204 valence electrons. The maximum atomic E-state index is 12.7. The summed E-state index contributed by atoms with van der Waals surface area (Å²) in [6.07, 6.45) is 2.89.